The minimum Gasteiger partial charge on any atom is -0.441 e. The molecule has 1 saturated heterocycles. The number of nitrogens with zero attached hydrogens (tertiary/aromatic N) is 1. The van der Waals surface area contributed by atoms with Crippen molar-refractivity contribution < 1.29 is 9.15 Å². The fourth-order valence-corrected chi connectivity index (χ4v) is 2.32. The summed E-state index contributed by atoms with van der Waals surface area (Å²) < 4.78 is 12.3. The van der Waals surface area contributed by atoms with Gasteiger partial charge in [-0.05, 0) is 18.2 Å². The number of ether oxygens (including phenoxy) is 1. The van der Waals surface area contributed by atoms with Gasteiger partial charge in [0.1, 0.15) is 5.76 Å². The van der Waals surface area contributed by atoms with Gasteiger partial charge in [-0.15, -0.1) is 0 Å². The average Bonchev–Trinajstić information content (AvgIpc) is 2.90. The van der Waals surface area contributed by atoms with Crippen molar-refractivity contribution in [3.63, 3.8) is 0 Å². The maximum atomic E-state index is 5.90. The second-order valence-corrected chi connectivity index (χ2v) is 5.16. The van der Waals surface area contributed by atoms with E-state index in [9.17, 15) is 0 Å². The van der Waals surface area contributed by atoms with Crippen molar-refractivity contribution in [2.75, 3.05) is 31.2 Å². The van der Waals surface area contributed by atoms with Crippen LogP contribution in [0.2, 0.25) is 0 Å². The lowest BCUT2D eigenvalue weighted by molar-refractivity contribution is 0.121. The molecule has 3 nitrogen and oxygen atoms in total. The lowest BCUT2D eigenvalue weighted by Crippen LogP contribution is -2.35. The molecule has 1 aromatic heterocycles. The average molecular weight is 308 g/mol. The van der Waals surface area contributed by atoms with Crippen molar-refractivity contribution in [3.05, 3.63) is 40.9 Å². The lowest BCUT2D eigenvalue weighted by Gasteiger charge is -2.26. The summed E-state index contributed by atoms with van der Waals surface area (Å²) >= 11 is 3.43. The Kier molecular flexibility index (Phi) is 3.39. The van der Waals surface area contributed by atoms with E-state index in [1.54, 1.807) is 0 Å². The van der Waals surface area contributed by atoms with Gasteiger partial charge in [0.05, 0.1) is 13.2 Å². The first-order valence-corrected chi connectivity index (χ1v) is 6.81. The SMILES string of the molecule is Brc1ccc(-c2ccc(N3CCOCC3)o2)cc1. The molecule has 0 saturated carbocycles. The summed E-state index contributed by atoms with van der Waals surface area (Å²) in [5.74, 6) is 1.83. The van der Waals surface area contributed by atoms with Gasteiger partial charge >= 0.3 is 0 Å². The van der Waals surface area contributed by atoms with Crippen LogP contribution in [0.3, 0.4) is 0 Å². The smallest absolute Gasteiger partial charge is 0.196 e. The molecule has 0 atom stereocenters. The number of hydrogen-bond donors (Lipinski definition) is 0. The van der Waals surface area contributed by atoms with Crippen molar-refractivity contribution in [2.45, 2.75) is 0 Å². The molecule has 3 rings (SSSR count). The molecule has 0 spiro atoms. The molecule has 1 fully saturated rings. The van der Waals surface area contributed by atoms with Crippen LogP contribution < -0.4 is 4.90 Å². The predicted octanol–water partition coefficient (Wildman–Crippen LogP) is 3.55. The fraction of sp³-hybridized carbons (Fsp3) is 0.286. The summed E-state index contributed by atoms with van der Waals surface area (Å²) in [5, 5.41) is 0. The van der Waals surface area contributed by atoms with Gasteiger partial charge in [0, 0.05) is 29.2 Å². The van der Waals surface area contributed by atoms with E-state index in [4.69, 9.17) is 9.15 Å². The maximum absolute atomic E-state index is 5.90. The molecule has 0 amide bonds. The second kappa shape index (κ2) is 5.16. The van der Waals surface area contributed by atoms with E-state index < -0.39 is 0 Å². The quantitative estimate of drug-likeness (QED) is 0.848. The summed E-state index contributed by atoms with van der Waals surface area (Å²) in [6.45, 7) is 3.34. The molecule has 1 aliphatic rings. The number of anilines is 1. The minimum absolute atomic E-state index is 0.772. The van der Waals surface area contributed by atoms with Crippen molar-refractivity contribution in [1.29, 1.82) is 0 Å². The Bertz CT molecular complexity index is 515. The van der Waals surface area contributed by atoms with Gasteiger partial charge in [-0.1, -0.05) is 28.1 Å². The molecule has 1 aliphatic heterocycles. The highest BCUT2D eigenvalue weighted by atomic mass is 79.9. The molecule has 94 valence electrons. The Morgan fingerprint density at radius 3 is 2.39 bits per heavy atom. The maximum Gasteiger partial charge on any atom is 0.196 e. The van der Waals surface area contributed by atoms with Gasteiger partial charge in [-0.25, -0.2) is 0 Å². The highest BCUT2D eigenvalue weighted by Gasteiger charge is 2.15. The normalized spacial score (nSPS) is 15.9. The zero-order chi connectivity index (χ0) is 12.4. The van der Waals surface area contributed by atoms with Crippen LogP contribution in [-0.4, -0.2) is 26.3 Å². The van der Waals surface area contributed by atoms with Crippen LogP contribution in [0.25, 0.3) is 11.3 Å². The number of benzene rings is 1. The predicted molar refractivity (Wildman–Crippen MR) is 74.9 cm³/mol. The van der Waals surface area contributed by atoms with Gasteiger partial charge in [0.25, 0.3) is 0 Å². The summed E-state index contributed by atoms with van der Waals surface area (Å²) in [6.07, 6.45) is 0. The Hall–Kier alpha value is -1.26. The molecule has 0 unspecified atom stereocenters. The first-order valence-electron chi connectivity index (χ1n) is 6.01. The van der Waals surface area contributed by atoms with Crippen molar-refractivity contribution >= 4 is 21.8 Å². The standard InChI is InChI=1S/C14H14BrNO2/c15-12-3-1-11(2-4-12)13-5-6-14(18-13)16-7-9-17-10-8-16/h1-6H,7-10H2. The third kappa shape index (κ3) is 2.44. The van der Waals surface area contributed by atoms with Crippen molar-refractivity contribution in [1.82, 2.24) is 0 Å². The number of morpholine rings is 1. The van der Waals surface area contributed by atoms with E-state index in [-0.39, 0.29) is 0 Å². The van der Waals surface area contributed by atoms with Gasteiger partial charge in [-0.2, -0.15) is 0 Å². The number of rotatable bonds is 2. The van der Waals surface area contributed by atoms with Crippen LogP contribution in [-0.2, 0) is 4.74 Å². The summed E-state index contributed by atoms with van der Waals surface area (Å²) in [4.78, 5) is 2.21. The van der Waals surface area contributed by atoms with Crippen LogP contribution in [0.5, 0.6) is 0 Å². The molecule has 2 heterocycles. The molecular formula is C14H14BrNO2. The summed E-state index contributed by atoms with van der Waals surface area (Å²) in [7, 11) is 0. The van der Waals surface area contributed by atoms with E-state index in [0.717, 1.165) is 48.0 Å². The van der Waals surface area contributed by atoms with Crippen LogP contribution in [0.1, 0.15) is 0 Å². The molecule has 0 radical (unpaired) electrons. The zero-order valence-electron chi connectivity index (χ0n) is 9.93. The van der Waals surface area contributed by atoms with Gasteiger partial charge in [0.15, 0.2) is 5.88 Å². The molecule has 0 bridgehead atoms. The van der Waals surface area contributed by atoms with E-state index in [2.05, 4.69) is 20.8 Å². The molecule has 1 aromatic carbocycles. The Labute approximate surface area is 114 Å². The lowest BCUT2D eigenvalue weighted by atomic mass is 10.2. The Morgan fingerprint density at radius 2 is 1.67 bits per heavy atom. The van der Waals surface area contributed by atoms with Gasteiger partial charge in [0.2, 0.25) is 0 Å². The molecule has 0 N–H and O–H groups in total. The first-order chi connectivity index (χ1) is 8.83. The Morgan fingerprint density at radius 1 is 0.944 bits per heavy atom. The highest BCUT2D eigenvalue weighted by molar-refractivity contribution is 9.10. The summed E-state index contributed by atoms with van der Waals surface area (Å²) in [6, 6.07) is 12.2. The number of halogens is 1. The van der Waals surface area contributed by atoms with Crippen LogP contribution in [0.4, 0.5) is 5.88 Å². The van der Waals surface area contributed by atoms with E-state index >= 15 is 0 Å². The van der Waals surface area contributed by atoms with E-state index in [1.807, 2.05) is 36.4 Å². The number of furan rings is 1. The minimum atomic E-state index is 0.772. The zero-order valence-corrected chi connectivity index (χ0v) is 11.5. The molecule has 4 heteroatoms. The van der Waals surface area contributed by atoms with Crippen LogP contribution in [0, 0.1) is 0 Å². The molecule has 0 aliphatic carbocycles. The largest absolute Gasteiger partial charge is 0.441 e. The van der Waals surface area contributed by atoms with Gasteiger partial charge in [-0.3, -0.25) is 0 Å². The van der Waals surface area contributed by atoms with Crippen molar-refractivity contribution in [3.8, 4) is 11.3 Å². The van der Waals surface area contributed by atoms with Gasteiger partial charge < -0.3 is 14.1 Å². The number of hydrogen-bond acceptors (Lipinski definition) is 3. The van der Waals surface area contributed by atoms with E-state index in [1.165, 1.54) is 0 Å². The highest BCUT2D eigenvalue weighted by Crippen LogP contribution is 2.28. The monoisotopic (exact) mass is 307 g/mol. The van der Waals surface area contributed by atoms with Crippen LogP contribution >= 0.6 is 15.9 Å². The Balaban J connectivity index is 1.82. The first kappa shape index (κ1) is 11.8. The van der Waals surface area contributed by atoms with Crippen molar-refractivity contribution in [2.24, 2.45) is 0 Å². The molecule has 2 aromatic rings. The third-order valence-corrected chi connectivity index (χ3v) is 3.57. The molecular weight excluding hydrogens is 294 g/mol. The van der Waals surface area contributed by atoms with E-state index in [0.29, 0.717) is 0 Å². The second-order valence-electron chi connectivity index (χ2n) is 4.24. The fourth-order valence-electron chi connectivity index (χ4n) is 2.05. The topological polar surface area (TPSA) is 25.6 Å². The molecule has 18 heavy (non-hydrogen) atoms. The summed E-state index contributed by atoms with van der Waals surface area (Å²) in [5.41, 5.74) is 1.10. The third-order valence-electron chi connectivity index (χ3n) is 3.04. The van der Waals surface area contributed by atoms with Crippen LogP contribution in [0.15, 0.2) is 45.3 Å².